The van der Waals surface area contributed by atoms with Gasteiger partial charge in [0.05, 0.1) is 0 Å². The molecule has 0 aliphatic heterocycles. The van der Waals surface area contributed by atoms with Gasteiger partial charge in [-0.25, -0.2) is 0 Å². The SMILES string of the molecule is CC1=CC1CCC(=O)O. The normalized spacial score (nSPS) is 23.2. The maximum atomic E-state index is 10.0. The van der Waals surface area contributed by atoms with Crippen LogP contribution in [-0.4, -0.2) is 11.1 Å². The van der Waals surface area contributed by atoms with E-state index >= 15 is 0 Å². The molecule has 0 aromatic rings. The van der Waals surface area contributed by atoms with Crippen molar-refractivity contribution in [3.8, 4) is 0 Å². The maximum absolute atomic E-state index is 10.0. The summed E-state index contributed by atoms with van der Waals surface area (Å²) in [6.07, 6.45) is 3.20. The Kier molecular flexibility index (Phi) is 1.56. The molecule has 0 heterocycles. The van der Waals surface area contributed by atoms with Crippen LogP contribution >= 0.6 is 0 Å². The molecule has 2 nitrogen and oxygen atoms in total. The first-order valence-electron chi connectivity index (χ1n) is 3.10. The van der Waals surface area contributed by atoms with Gasteiger partial charge in [0.25, 0.3) is 0 Å². The van der Waals surface area contributed by atoms with Gasteiger partial charge in [-0.1, -0.05) is 11.6 Å². The van der Waals surface area contributed by atoms with E-state index in [2.05, 4.69) is 6.08 Å². The Labute approximate surface area is 54.2 Å². The summed E-state index contributed by atoms with van der Waals surface area (Å²) in [5, 5.41) is 8.25. The Hall–Kier alpha value is -0.790. The van der Waals surface area contributed by atoms with E-state index in [0.29, 0.717) is 12.3 Å². The van der Waals surface area contributed by atoms with Crippen LogP contribution in [0.15, 0.2) is 11.6 Å². The lowest BCUT2D eigenvalue weighted by atomic mass is 10.2. The zero-order valence-electron chi connectivity index (χ0n) is 5.42. The molecule has 1 N–H and O–H groups in total. The Morgan fingerprint density at radius 3 is 2.78 bits per heavy atom. The van der Waals surface area contributed by atoms with E-state index in [0.717, 1.165) is 6.42 Å². The minimum Gasteiger partial charge on any atom is -0.481 e. The first-order chi connectivity index (χ1) is 4.20. The van der Waals surface area contributed by atoms with Crippen LogP contribution in [0.2, 0.25) is 0 Å². The van der Waals surface area contributed by atoms with Crippen molar-refractivity contribution in [1.29, 1.82) is 0 Å². The number of carboxylic acids is 1. The monoisotopic (exact) mass is 126 g/mol. The predicted molar refractivity (Wildman–Crippen MR) is 34.1 cm³/mol. The van der Waals surface area contributed by atoms with Crippen molar-refractivity contribution in [1.82, 2.24) is 0 Å². The second-order valence-electron chi connectivity index (χ2n) is 2.45. The van der Waals surface area contributed by atoms with Crippen LogP contribution in [-0.2, 0) is 4.79 Å². The number of allylic oxidation sites excluding steroid dienone is 2. The smallest absolute Gasteiger partial charge is 0.303 e. The highest BCUT2D eigenvalue weighted by Crippen LogP contribution is 2.31. The molecular formula is C7H10O2. The Bertz CT molecular complexity index is 158. The Morgan fingerprint density at radius 2 is 2.44 bits per heavy atom. The molecule has 1 rings (SSSR count). The number of hydrogen-bond acceptors (Lipinski definition) is 1. The fourth-order valence-corrected chi connectivity index (χ4v) is 0.859. The van der Waals surface area contributed by atoms with Gasteiger partial charge in [0, 0.05) is 6.42 Å². The van der Waals surface area contributed by atoms with E-state index in [9.17, 15) is 4.79 Å². The van der Waals surface area contributed by atoms with Crippen molar-refractivity contribution in [3.63, 3.8) is 0 Å². The summed E-state index contributed by atoms with van der Waals surface area (Å²) in [5.41, 5.74) is 1.34. The van der Waals surface area contributed by atoms with Gasteiger partial charge in [-0.15, -0.1) is 0 Å². The van der Waals surface area contributed by atoms with Crippen LogP contribution in [0, 0.1) is 5.92 Å². The molecule has 0 spiro atoms. The van der Waals surface area contributed by atoms with Gasteiger partial charge in [-0.2, -0.15) is 0 Å². The summed E-state index contributed by atoms with van der Waals surface area (Å²) < 4.78 is 0. The molecule has 1 aliphatic carbocycles. The van der Waals surface area contributed by atoms with E-state index < -0.39 is 5.97 Å². The largest absolute Gasteiger partial charge is 0.481 e. The summed E-state index contributed by atoms with van der Waals surface area (Å²) >= 11 is 0. The van der Waals surface area contributed by atoms with Gasteiger partial charge in [-0.3, -0.25) is 4.79 Å². The standard InChI is InChI=1S/C7H10O2/c1-5-4-6(5)2-3-7(8)9/h4,6H,2-3H2,1H3,(H,8,9). The van der Waals surface area contributed by atoms with E-state index in [4.69, 9.17) is 5.11 Å². The predicted octanol–water partition coefficient (Wildman–Crippen LogP) is 1.43. The van der Waals surface area contributed by atoms with Crippen molar-refractivity contribution in [3.05, 3.63) is 11.6 Å². The van der Waals surface area contributed by atoms with E-state index in [1.54, 1.807) is 0 Å². The van der Waals surface area contributed by atoms with Crippen LogP contribution in [0.3, 0.4) is 0 Å². The molecule has 1 atom stereocenters. The lowest BCUT2D eigenvalue weighted by Crippen LogP contribution is -1.95. The fraction of sp³-hybridized carbons (Fsp3) is 0.571. The van der Waals surface area contributed by atoms with Crippen molar-refractivity contribution in [2.75, 3.05) is 0 Å². The average molecular weight is 126 g/mol. The molecule has 0 fully saturated rings. The molecule has 1 aliphatic rings. The van der Waals surface area contributed by atoms with Crippen LogP contribution < -0.4 is 0 Å². The van der Waals surface area contributed by atoms with E-state index in [1.165, 1.54) is 5.57 Å². The number of aliphatic carboxylic acids is 1. The summed E-state index contributed by atoms with van der Waals surface area (Å²) in [5.74, 6) is -0.177. The third kappa shape index (κ3) is 1.88. The van der Waals surface area contributed by atoms with Crippen LogP contribution in [0.1, 0.15) is 19.8 Å². The first-order valence-corrected chi connectivity index (χ1v) is 3.10. The minimum atomic E-state index is -0.692. The van der Waals surface area contributed by atoms with Gasteiger partial charge in [0.1, 0.15) is 0 Å². The first kappa shape index (κ1) is 6.33. The highest BCUT2D eigenvalue weighted by Gasteiger charge is 2.19. The molecule has 0 bridgehead atoms. The van der Waals surface area contributed by atoms with Gasteiger partial charge in [-0.05, 0) is 19.3 Å². The average Bonchev–Trinajstić information content (AvgIpc) is 2.42. The Balaban J connectivity index is 2.02. The molecule has 0 amide bonds. The molecule has 0 radical (unpaired) electrons. The lowest BCUT2D eigenvalue weighted by molar-refractivity contribution is -0.137. The maximum Gasteiger partial charge on any atom is 0.303 e. The summed E-state index contributed by atoms with van der Waals surface area (Å²) in [6.45, 7) is 2.03. The molecule has 0 saturated carbocycles. The number of carboxylic acid groups (broad SMARTS) is 1. The second-order valence-corrected chi connectivity index (χ2v) is 2.45. The van der Waals surface area contributed by atoms with Gasteiger partial charge in [0.2, 0.25) is 0 Å². The molecule has 1 unspecified atom stereocenters. The van der Waals surface area contributed by atoms with Crippen molar-refractivity contribution < 1.29 is 9.90 Å². The Morgan fingerprint density at radius 1 is 1.89 bits per heavy atom. The highest BCUT2D eigenvalue weighted by atomic mass is 16.4. The van der Waals surface area contributed by atoms with Gasteiger partial charge < -0.3 is 5.11 Å². The molecule has 0 saturated heterocycles. The second kappa shape index (κ2) is 2.21. The number of rotatable bonds is 3. The van der Waals surface area contributed by atoms with Crippen molar-refractivity contribution in [2.45, 2.75) is 19.8 Å². The topological polar surface area (TPSA) is 37.3 Å². The molecule has 0 aromatic carbocycles. The van der Waals surface area contributed by atoms with Crippen molar-refractivity contribution in [2.24, 2.45) is 5.92 Å². The van der Waals surface area contributed by atoms with Crippen LogP contribution in [0.4, 0.5) is 0 Å². The minimum absolute atomic E-state index is 0.304. The molecule has 0 aromatic heterocycles. The van der Waals surface area contributed by atoms with Gasteiger partial charge >= 0.3 is 5.97 Å². The van der Waals surface area contributed by atoms with E-state index in [-0.39, 0.29) is 0 Å². The zero-order chi connectivity index (χ0) is 6.85. The molecule has 9 heavy (non-hydrogen) atoms. The fourth-order valence-electron chi connectivity index (χ4n) is 0.859. The summed E-state index contributed by atoms with van der Waals surface area (Å²) in [6, 6.07) is 0. The summed E-state index contributed by atoms with van der Waals surface area (Å²) in [4.78, 5) is 10.0. The van der Waals surface area contributed by atoms with Crippen molar-refractivity contribution >= 4 is 5.97 Å². The summed E-state index contributed by atoms with van der Waals surface area (Å²) in [7, 11) is 0. The van der Waals surface area contributed by atoms with Crippen LogP contribution in [0.25, 0.3) is 0 Å². The molecule has 2 heteroatoms. The molecule has 50 valence electrons. The number of hydrogen-bond donors (Lipinski definition) is 1. The van der Waals surface area contributed by atoms with Gasteiger partial charge in [0.15, 0.2) is 0 Å². The lowest BCUT2D eigenvalue weighted by Gasteiger charge is -1.91. The van der Waals surface area contributed by atoms with E-state index in [1.807, 2.05) is 6.92 Å². The molecular weight excluding hydrogens is 116 g/mol. The zero-order valence-corrected chi connectivity index (χ0v) is 5.42. The quantitative estimate of drug-likeness (QED) is 0.581. The third-order valence-corrected chi connectivity index (χ3v) is 1.61. The number of carbonyl (C=O) groups is 1. The third-order valence-electron chi connectivity index (χ3n) is 1.61. The van der Waals surface area contributed by atoms with Crippen LogP contribution in [0.5, 0.6) is 0 Å². The highest BCUT2D eigenvalue weighted by molar-refractivity contribution is 5.66.